The maximum atomic E-state index is 13.7. The molecular weight excluding hydrogens is 412 g/mol. The summed E-state index contributed by atoms with van der Waals surface area (Å²) in [6.07, 6.45) is -2.98. The van der Waals surface area contributed by atoms with Crippen LogP contribution in [0.1, 0.15) is 42.0 Å². The minimum absolute atomic E-state index is 0.170. The number of rotatable bonds is 7. The van der Waals surface area contributed by atoms with Crippen LogP contribution in [-0.4, -0.2) is 35.1 Å². The van der Waals surface area contributed by atoms with Gasteiger partial charge in [-0.1, -0.05) is 31.5 Å². The van der Waals surface area contributed by atoms with Crippen molar-refractivity contribution in [2.75, 3.05) is 18.4 Å². The van der Waals surface area contributed by atoms with E-state index >= 15 is 0 Å². The normalized spacial score (nSPS) is 15.4. The molecule has 0 bridgehead atoms. The van der Waals surface area contributed by atoms with Crippen LogP contribution in [-0.2, 0) is 30.4 Å². The summed E-state index contributed by atoms with van der Waals surface area (Å²) < 4.78 is 51.8. The van der Waals surface area contributed by atoms with Crippen molar-refractivity contribution in [2.24, 2.45) is 0 Å². The first kappa shape index (κ1) is 23.2. The standard InChI is InChI=1S/C23H26F4N2O2/c1-2-4-17(30)14-29-10-9-18-16(13-29)5-3-6-21(18)28-22(31)12-15-7-8-19(20(24)11-15)23(25,26)27/h3,5-8,11,17,30H,2,4,9-10,12-14H2,1H3,(H,28,31). The molecule has 0 spiro atoms. The maximum Gasteiger partial charge on any atom is 0.419 e. The quantitative estimate of drug-likeness (QED) is 0.624. The Balaban J connectivity index is 1.65. The van der Waals surface area contributed by atoms with Gasteiger partial charge in [0.05, 0.1) is 18.1 Å². The molecule has 2 aromatic rings. The highest BCUT2D eigenvalue weighted by atomic mass is 19.4. The zero-order chi connectivity index (χ0) is 22.6. The van der Waals surface area contributed by atoms with Crippen LogP contribution in [0.3, 0.4) is 0 Å². The van der Waals surface area contributed by atoms with E-state index in [1.807, 2.05) is 19.1 Å². The van der Waals surface area contributed by atoms with Crippen LogP contribution in [0.4, 0.5) is 23.2 Å². The molecule has 1 atom stereocenters. The predicted octanol–water partition coefficient (Wildman–Crippen LogP) is 4.54. The Kier molecular flexibility index (Phi) is 7.33. The van der Waals surface area contributed by atoms with Gasteiger partial charge >= 0.3 is 6.18 Å². The number of carbonyl (C=O) groups excluding carboxylic acids is 1. The minimum atomic E-state index is -4.77. The number of carbonyl (C=O) groups is 1. The lowest BCUT2D eigenvalue weighted by Crippen LogP contribution is -2.37. The number of hydrogen-bond acceptors (Lipinski definition) is 3. The highest BCUT2D eigenvalue weighted by Gasteiger charge is 2.34. The maximum absolute atomic E-state index is 13.7. The zero-order valence-electron chi connectivity index (χ0n) is 17.3. The fraction of sp³-hybridized carbons (Fsp3) is 0.435. The molecule has 0 aliphatic carbocycles. The van der Waals surface area contributed by atoms with Gasteiger partial charge in [-0.3, -0.25) is 9.69 Å². The Morgan fingerprint density at radius 2 is 2.03 bits per heavy atom. The number of fused-ring (bicyclic) bond motifs is 1. The van der Waals surface area contributed by atoms with Crippen molar-refractivity contribution >= 4 is 11.6 Å². The van der Waals surface area contributed by atoms with Crippen LogP contribution in [0, 0.1) is 5.82 Å². The monoisotopic (exact) mass is 438 g/mol. The number of nitrogens with zero attached hydrogens (tertiary/aromatic N) is 1. The van der Waals surface area contributed by atoms with E-state index in [1.54, 1.807) is 6.07 Å². The van der Waals surface area contributed by atoms with Gasteiger partial charge in [0.25, 0.3) is 0 Å². The highest BCUT2D eigenvalue weighted by molar-refractivity contribution is 5.93. The van der Waals surface area contributed by atoms with Gasteiger partial charge in [0, 0.05) is 25.3 Å². The first-order chi connectivity index (χ1) is 14.7. The van der Waals surface area contributed by atoms with E-state index in [1.165, 1.54) is 0 Å². The number of aliphatic hydroxyl groups excluding tert-OH is 1. The smallest absolute Gasteiger partial charge is 0.392 e. The molecule has 3 rings (SSSR count). The molecule has 2 N–H and O–H groups in total. The summed E-state index contributed by atoms with van der Waals surface area (Å²) in [5, 5.41) is 12.9. The van der Waals surface area contributed by atoms with Crippen LogP contribution in [0.2, 0.25) is 0 Å². The predicted molar refractivity (Wildman–Crippen MR) is 110 cm³/mol. The number of aliphatic hydroxyl groups is 1. The van der Waals surface area contributed by atoms with Gasteiger partial charge in [-0.2, -0.15) is 13.2 Å². The molecule has 1 unspecified atom stereocenters. The second-order valence-electron chi connectivity index (χ2n) is 7.91. The molecule has 1 aliphatic rings. The number of anilines is 1. The molecule has 0 saturated carbocycles. The third kappa shape index (κ3) is 6.04. The van der Waals surface area contributed by atoms with Gasteiger partial charge in [-0.15, -0.1) is 0 Å². The molecule has 4 nitrogen and oxygen atoms in total. The Morgan fingerprint density at radius 3 is 2.71 bits per heavy atom. The highest BCUT2D eigenvalue weighted by Crippen LogP contribution is 2.32. The summed E-state index contributed by atoms with van der Waals surface area (Å²) in [7, 11) is 0. The van der Waals surface area contributed by atoms with E-state index < -0.39 is 23.5 Å². The summed E-state index contributed by atoms with van der Waals surface area (Å²) in [6, 6.07) is 8.12. The van der Waals surface area contributed by atoms with Crippen molar-refractivity contribution in [3.8, 4) is 0 Å². The fourth-order valence-corrected chi connectivity index (χ4v) is 3.94. The number of hydrogen-bond donors (Lipinski definition) is 2. The molecule has 1 aliphatic heterocycles. The molecule has 1 amide bonds. The second kappa shape index (κ2) is 9.78. The molecule has 0 radical (unpaired) electrons. The number of benzene rings is 2. The summed E-state index contributed by atoms with van der Waals surface area (Å²) >= 11 is 0. The van der Waals surface area contributed by atoms with Crippen LogP contribution >= 0.6 is 0 Å². The second-order valence-corrected chi connectivity index (χ2v) is 7.91. The summed E-state index contributed by atoms with van der Waals surface area (Å²) in [5.41, 5.74) is 1.55. The summed E-state index contributed by atoms with van der Waals surface area (Å²) in [6.45, 7) is 4.06. The van der Waals surface area contributed by atoms with E-state index in [4.69, 9.17) is 0 Å². The molecule has 0 aromatic heterocycles. The van der Waals surface area contributed by atoms with Crippen molar-refractivity contribution in [1.82, 2.24) is 4.90 Å². The van der Waals surface area contributed by atoms with Gasteiger partial charge in [0.2, 0.25) is 5.91 Å². The van der Waals surface area contributed by atoms with Gasteiger partial charge in [-0.05, 0) is 47.7 Å². The Morgan fingerprint density at radius 1 is 1.26 bits per heavy atom. The lowest BCUT2D eigenvalue weighted by atomic mass is 9.97. The van der Waals surface area contributed by atoms with E-state index in [-0.39, 0.29) is 18.1 Å². The van der Waals surface area contributed by atoms with Gasteiger partial charge in [0.15, 0.2) is 0 Å². The van der Waals surface area contributed by atoms with Crippen molar-refractivity contribution < 1.29 is 27.5 Å². The third-order valence-corrected chi connectivity index (χ3v) is 5.41. The Hall–Kier alpha value is -2.45. The first-order valence-corrected chi connectivity index (χ1v) is 10.3. The van der Waals surface area contributed by atoms with Crippen molar-refractivity contribution in [3.63, 3.8) is 0 Å². The summed E-state index contributed by atoms with van der Waals surface area (Å²) in [4.78, 5) is 14.6. The molecule has 0 saturated heterocycles. The number of nitrogens with one attached hydrogen (secondary N) is 1. The van der Waals surface area contributed by atoms with Crippen LogP contribution < -0.4 is 5.32 Å². The number of amides is 1. The fourth-order valence-electron chi connectivity index (χ4n) is 3.94. The Bertz CT molecular complexity index is 930. The largest absolute Gasteiger partial charge is 0.419 e. The summed E-state index contributed by atoms with van der Waals surface area (Å²) in [5.74, 6) is -1.81. The van der Waals surface area contributed by atoms with E-state index in [0.717, 1.165) is 42.6 Å². The number of halogens is 4. The molecule has 168 valence electrons. The number of β-amino-alcohol motifs (C(OH)–C–C–N with tert-alkyl or cyclic N) is 1. The van der Waals surface area contributed by atoms with Gasteiger partial charge in [0.1, 0.15) is 5.82 Å². The van der Waals surface area contributed by atoms with Gasteiger partial charge < -0.3 is 10.4 Å². The molecule has 2 aromatic carbocycles. The Labute approximate surface area is 178 Å². The van der Waals surface area contributed by atoms with Crippen LogP contribution in [0.15, 0.2) is 36.4 Å². The minimum Gasteiger partial charge on any atom is -0.392 e. The van der Waals surface area contributed by atoms with E-state index in [0.29, 0.717) is 31.3 Å². The molecule has 31 heavy (non-hydrogen) atoms. The molecule has 0 fully saturated rings. The van der Waals surface area contributed by atoms with Crippen molar-refractivity contribution in [2.45, 2.75) is 51.4 Å². The number of alkyl halides is 3. The molecule has 8 heteroatoms. The lowest BCUT2D eigenvalue weighted by molar-refractivity contribution is -0.140. The first-order valence-electron chi connectivity index (χ1n) is 10.3. The molecular formula is C23H26F4N2O2. The average molecular weight is 438 g/mol. The van der Waals surface area contributed by atoms with Crippen LogP contribution in [0.5, 0.6) is 0 Å². The van der Waals surface area contributed by atoms with E-state index in [9.17, 15) is 27.5 Å². The van der Waals surface area contributed by atoms with Crippen molar-refractivity contribution in [3.05, 3.63) is 64.5 Å². The zero-order valence-corrected chi connectivity index (χ0v) is 17.3. The average Bonchev–Trinajstić information content (AvgIpc) is 2.67. The SMILES string of the molecule is CCCC(O)CN1CCc2c(cccc2NC(=O)Cc2ccc(C(F)(F)F)c(F)c2)C1. The topological polar surface area (TPSA) is 52.6 Å². The van der Waals surface area contributed by atoms with Crippen LogP contribution in [0.25, 0.3) is 0 Å². The third-order valence-electron chi connectivity index (χ3n) is 5.41. The molecule has 1 heterocycles. The van der Waals surface area contributed by atoms with Gasteiger partial charge in [-0.25, -0.2) is 4.39 Å². The van der Waals surface area contributed by atoms with E-state index in [2.05, 4.69) is 10.2 Å². The lowest BCUT2D eigenvalue weighted by Gasteiger charge is -2.31. The van der Waals surface area contributed by atoms with Crippen molar-refractivity contribution in [1.29, 1.82) is 0 Å².